The Bertz CT molecular complexity index is 307. The van der Waals surface area contributed by atoms with Crippen LogP contribution in [0.5, 0.6) is 0 Å². The number of likely N-dealkylation sites (N-methyl/N-ethyl adjacent to an activating group) is 1. The van der Waals surface area contributed by atoms with Crippen LogP contribution in [0.25, 0.3) is 0 Å². The number of piperazine rings is 1. The van der Waals surface area contributed by atoms with Gasteiger partial charge in [0.05, 0.1) is 5.41 Å². The SMILES string of the molecule is CCCC1(C(=O)NCCN2CCN(C)CC2)CCNC1. The van der Waals surface area contributed by atoms with Crippen molar-refractivity contribution in [2.75, 3.05) is 59.4 Å². The molecule has 0 aliphatic carbocycles. The molecule has 2 rings (SSSR count). The fourth-order valence-corrected chi connectivity index (χ4v) is 3.33. The molecular formula is C15H30N4O. The van der Waals surface area contributed by atoms with Gasteiger partial charge in [0.1, 0.15) is 0 Å². The summed E-state index contributed by atoms with van der Waals surface area (Å²) in [7, 11) is 2.17. The van der Waals surface area contributed by atoms with Gasteiger partial charge in [0.15, 0.2) is 0 Å². The van der Waals surface area contributed by atoms with Gasteiger partial charge in [0.2, 0.25) is 5.91 Å². The first-order valence-corrected chi connectivity index (χ1v) is 8.06. The van der Waals surface area contributed by atoms with E-state index in [-0.39, 0.29) is 11.3 Å². The summed E-state index contributed by atoms with van der Waals surface area (Å²) in [5.74, 6) is 0.262. The van der Waals surface area contributed by atoms with Crippen LogP contribution < -0.4 is 10.6 Å². The summed E-state index contributed by atoms with van der Waals surface area (Å²) in [5.41, 5.74) is -0.142. The summed E-state index contributed by atoms with van der Waals surface area (Å²) in [4.78, 5) is 17.3. The maximum Gasteiger partial charge on any atom is 0.227 e. The Morgan fingerprint density at radius 3 is 2.65 bits per heavy atom. The third kappa shape index (κ3) is 3.93. The van der Waals surface area contributed by atoms with Crippen LogP contribution in [0.3, 0.4) is 0 Å². The Labute approximate surface area is 123 Å². The number of carbonyl (C=O) groups excluding carboxylic acids is 1. The number of nitrogens with one attached hydrogen (secondary N) is 2. The average molecular weight is 282 g/mol. The van der Waals surface area contributed by atoms with E-state index in [4.69, 9.17) is 0 Å². The largest absolute Gasteiger partial charge is 0.354 e. The third-order valence-corrected chi connectivity index (χ3v) is 4.76. The highest BCUT2D eigenvalue weighted by molar-refractivity contribution is 5.83. The van der Waals surface area contributed by atoms with Crippen LogP contribution >= 0.6 is 0 Å². The molecule has 0 radical (unpaired) electrons. The van der Waals surface area contributed by atoms with Crippen LogP contribution in [0.2, 0.25) is 0 Å². The fourth-order valence-electron chi connectivity index (χ4n) is 3.33. The molecule has 5 nitrogen and oxygen atoms in total. The molecule has 2 aliphatic rings. The zero-order chi connectivity index (χ0) is 14.4. The minimum atomic E-state index is -0.142. The predicted molar refractivity (Wildman–Crippen MR) is 81.8 cm³/mol. The van der Waals surface area contributed by atoms with E-state index in [9.17, 15) is 4.79 Å². The highest BCUT2D eigenvalue weighted by atomic mass is 16.2. The summed E-state index contributed by atoms with van der Waals surface area (Å²) in [6, 6.07) is 0. The van der Waals surface area contributed by atoms with E-state index < -0.39 is 0 Å². The summed E-state index contributed by atoms with van der Waals surface area (Å²) in [6.07, 6.45) is 3.06. The first kappa shape index (κ1) is 15.7. The Balaban J connectivity index is 1.71. The lowest BCUT2D eigenvalue weighted by atomic mass is 9.81. The van der Waals surface area contributed by atoms with E-state index in [1.807, 2.05) is 0 Å². The van der Waals surface area contributed by atoms with Crippen molar-refractivity contribution in [2.24, 2.45) is 5.41 Å². The molecule has 2 N–H and O–H groups in total. The molecule has 1 unspecified atom stereocenters. The second-order valence-corrected chi connectivity index (χ2v) is 6.36. The van der Waals surface area contributed by atoms with Crippen molar-refractivity contribution in [2.45, 2.75) is 26.2 Å². The number of hydrogen-bond acceptors (Lipinski definition) is 4. The van der Waals surface area contributed by atoms with E-state index in [0.717, 1.165) is 71.6 Å². The van der Waals surface area contributed by atoms with E-state index in [1.54, 1.807) is 0 Å². The van der Waals surface area contributed by atoms with Gasteiger partial charge < -0.3 is 15.5 Å². The van der Waals surface area contributed by atoms with Crippen LogP contribution in [0, 0.1) is 5.41 Å². The molecule has 0 aromatic carbocycles. The zero-order valence-corrected chi connectivity index (χ0v) is 13.1. The van der Waals surface area contributed by atoms with Gasteiger partial charge in [0.25, 0.3) is 0 Å². The second kappa shape index (κ2) is 7.38. The molecule has 0 saturated carbocycles. The van der Waals surface area contributed by atoms with Crippen LogP contribution in [-0.4, -0.2) is 75.1 Å². The number of hydrogen-bond donors (Lipinski definition) is 2. The van der Waals surface area contributed by atoms with Gasteiger partial charge in [-0.1, -0.05) is 13.3 Å². The molecule has 2 heterocycles. The summed E-state index contributed by atoms with van der Waals surface area (Å²) < 4.78 is 0. The zero-order valence-electron chi connectivity index (χ0n) is 13.1. The number of carbonyl (C=O) groups is 1. The monoisotopic (exact) mass is 282 g/mol. The highest BCUT2D eigenvalue weighted by Crippen LogP contribution is 2.31. The average Bonchev–Trinajstić information content (AvgIpc) is 2.91. The molecule has 0 bridgehead atoms. The molecule has 5 heteroatoms. The Kier molecular flexibility index (Phi) is 5.81. The quantitative estimate of drug-likeness (QED) is 0.727. The van der Waals surface area contributed by atoms with Crippen molar-refractivity contribution in [1.29, 1.82) is 0 Å². The molecule has 2 saturated heterocycles. The topological polar surface area (TPSA) is 47.6 Å². The fraction of sp³-hybridized carbons (Fsp3) is 0.933. The molecule has 0 spiro atoms. The predicted octanol–water partition coefficient (Wildman–Crippen LogP) is 0.130. The van der Waals surface area contributed by atoms with E-state index in [0.29, 0.717) is 0 Å². The minimum Gasteiger partial charge on any atom is -0.354 e. The van der Waals surface area contributed by atoms with Gasteiger partial charge in [-0.05, 0) is 26.4 Å². The van der Waals surface area contributed by atoms with Gasteiger partial charge in [0, 0.05) is 45.8 Å². The summed E-state index contributed by atoms with van der Waals surface area (Å²) in [5, 5.41) is 6.52. The van der Waals surface area contributed by atoms with E-state index in [1.165, 1.54) is 0 Å². The molecule has 20 heavy (non-hydrogen) atoms. The Hall–Kier alpha value is -0.650. The maximum atomic E-state index is 12.5. The molecule has 1 atom stereocenters. The van der Waals surface area contributed by atoms with Crippen molar-refractivity contribution in [1.82, 2.24) is 20.4 Å². The smallest absolute Gasteiger partial charge is 0.227 e. The van der Waals surface area contributed by atoms with Crippen LogP contribution in [0.1, 0.15) is 26.2 Å². The maximum absolute atomic E-state index is 12.5. The van der Waals surface area contributed by atoms with E-state index in [2.05, 4.69) is 34.4 Å². The first-order valence-electron chi connectivity index (χ1n) is 8.06. The van der Waals surface area contributed by atoms with Crippen LogP contribution in [-0.2, 0) is 4.79 Å². The summed E-state index contributed by atoms with van der Waals surface area (Å²) >= 11 is 0. The lowest BCUT2D eigenvalue weighted by Crippen LogP contribution is -2.49. The van der Waals surface area contributed by atoms with Crippen LogP contribution in [0.4, 0.5) is 0 Å². The number of nitrogens with zero attached hydrogens (tertiary/aromatic N) is 2. The Morgan fingerprint density at radius 1 is 1.30 bits per heavy atom. The highest BCUT2D eigenvalue weighted by Gasteiger charge is 2.39. The van der Waals surface area contributed by atoms with Crippen molar-refractivity contribution in [3.05, 3.63) is 0 Å². The molecule has 0 aromatic rings. The normalized spacial score (nSPS) is 28.7. The molecule has 116 valence electrons. The molecular weight excluding hydrogens is 252 g/mol. The molecule has 0 aromatic heterocycles. The molecule has 2 aliphatic heterocycles. The van der Waals surface area contributed by atoms with Crippen LogP contribution in [0.15, 0.2) is 0 Å². The minimum absolute atomic E-state index is 0.142. The number of amides is 1. The van der Waals surface area contributed by atoms with Crippen molar-refractivity contribution >= 4 is 5.91 Å². The van der Waals surface area contributed by atoms with E-state index >= 15 is 0 Å². The summed E-state index contributed by atoms with van der Waals surface area (Å²) in [6.45, 7) is 10.3. The Morgan fingerprint density at radius 2 is 2.05 bits per heavy atom. The lowest BCUT2D eigenvalue weighted by molar-refractivity contribution is -0.130. The van der Waals surface area contributed by atoms with Crippen molar-refractivity contribution in [3.63, 3.8) is 0 Å². The second-order valence-electron chi connectivity index (χ2n) is 6.36. The molecule has 2 fully saturated rings. The third-order valence-electron chi connectivity index (χ3n) is 4.76. The standard InChI is InChI=1S/C15H30N4O/c1-3-4-15(5-6-16-13-15)14(20)17-7-8-19-11-9-18(2)10-12-19/h16H,3-13H2,1-2H3,(H,17,20). The lowest BCUT2D eigenvalue weighted by Gasteiger charge is -2.33. The van der Waals surface area contributed by atoms with Gasteiger partial charge >= 0.3 is 0 Å². The van der Waals surface area contributed by atoms with Gasteiger partial charge in [-0.2, -0.15) is 0 Å². The first-order chi connectivity index (χ1) is 9.66. The molecule has 1 amide bonds. The van der Waals surface area contributed by atoms with Crippen molar-refractivity contribution in [3.8, 4) is 0 Å². The van der Waals surface area contributed by atoms with Gasteiger partial charge in [-0.15, -0.1) is 0 Å². The van der Waals surface area contributed by atoms with Gasteiger partial charge in [-0.25, -0.2) is 0 Å². The van der Waals surface area contributed by atoms with Gasteiger partial charge in [-0.3, -0.25) is 9.69 Å². The van der Waals surface area contributed by atoms with Crippen molar-refractivity contribution < 1.29 is 4.79 Å². The number of rotatable bonds is 6.